The van der Waals surface area contributed by atoms with E-state index in [1.165, 1.54) is 17.0 Å². The average molecular weight is 368 g/mol. The Hall–Kier alpha value is -1.99. The number of aromatic amines is 1. The van der Waals surface area contributed by atoms with E-state index in [1.54, 1.807) is 17.4 Å². The maximum Gasteiger partial charge on any atom is 0.573 e. The van der Waals surface area contributed by atoms with Gasteiger partial charge in [-0.2, -0.15) is 0 Å². The summed E-state index contributed by atoms with van der Waals surface area (Å²) < 4.78 is 41.6. The van der Waals surface area contributed by atoms with Crippen molar-refractivity contribution in [2.75, 3.05) is 6.54 Å². The van der Waals surface area contributed by atoms with Gasteiger partial charge in [-0.05, 0) is 68.6 Å². The average Bonchev–Trinajstić information content (AvgIpc) is 3.10. The number of aryl methyl sites for hydroxylation is 2. The van der Waals surface area contributed by atoms with Gasteiger partial charge in [0.1, 0.15) is 5.75 Å². The van der Waals surface area contributed by atoms with Gasteiger partial charge in [-0.15, -0.1) is 24.5 Å². The molecule has 0 amide bonds. The Morgan fingerprint density at radius 3 is 2.60 bits per heavy atom. The second-order valence-electron chi connectivity index (χ2n) is 5.89. The molecule has 2 aromatic heterocycles. The van der Waals surface area contributed by atoms with Crippen molar-refractivity contribution < 1.29 is 17.9 Å². The monoisotopic (exact) mass is 368 g/mol. The topological polar surface area (TPSA) is 51.0 Å². The first kappa shape index (κ1) is 17.8. The summed E-state index contributed by atoms with van der Waals surface area (Å²) in [6.45, 7) is 2.62. The number of nitrogens with one attached hydrogen (secondary N) is 1. The van der Waals surface area contributed by atoms with Gasteiger partial charge >= 0.3 is 6.36 Å². The Morgan fingerprint density at radius 1 is 1.16 bits per heavy atom. The lowest BCUT2D eigenvalue weighted by molar-refractivity contribution is -0.274. The van der Waals surface area contributed by atoms with E-state index in [0.29, 0.717) is 6.54 Å². The van der Waals surface area contributed by atoms with Crippen LogP contribution in [0.1, 0.15) is 23.3 Å². The third kappa shape index (κ3) is 4.16. The standard InChI is InChI=1S/C18H19F3N2OS/c1-11-5-8-16(25-11)17-13(4-2-3-9-22)14-10-12(24-18(19,20)21)6-7-15(14)23-17/h5-8,10,23H,2-4,9,22H2,1H3. The summed E-state index contributed by atoms with van der Waals surface area (Å²) in [5.74, 6) is -0.201. The molecule has 1 aromatic carbocycles. The highest BCUT2D eigenvalue weighted by molar-refractivity contribution is 7.15. The third-order valence-electron chi connectivity index (χ3n) is 3.98. The number of benzene rings is 1. The molecule has 0 saturated heterocycles. The molecule has 3 N–H and O–H groups in total. The van der Waals surface area contributed by atoms with E-state index in [2.05, 4.69) is 9.72 Å². The number of unbranched alkanes of at least 4 members (excludes halogenated alkanes) is 1. The van der Waals surface area contributed by atoms with Gasteiger partial charge in [-0.3, -0.25) is 0 Å². The molecule has 0 aliphatic rings. The van der Waals surface area contributed by atoms with E-state index in [1.807, 2.05) is 19.1 Å². The van der Waals surface area contributed by atoms with Crippen LogP contribution < -0.4 is 10.5 Å². The van der Waals surface area contributed by atoms with Crippen molar-refractivity contribution in [3.63, 3.8) is 0 Å². The Labute approximate surface area is 147 Å². The fourth-order valence-electron chi connectivity index (χ4n) is 2.91. The number of hydrogen-bond donors (Lipinski definition) is 2. The minimum Gasteiger partial charge on any atom is -0.406 e. The first-order chi connectivity index (χ1) is 11.9. The summed E-state index contributed by atoms with van der Waals surface area (Å²) in [7, 11) is 0. The summed E-state index contributed by atoms with van der Waals surface area (Å²) in [4.78, 5) is 5.61. The normalized spacial score (nSPS) is 12.0. The third-order valence-corrected chi connectivity index (χ3v) is 5.00. The van der Waals surface area contributed by atoms with Gasteiger partial charge in [0.2, 0.25) is 0 Å². The highest BCUT2D eigenvalue weighted by Gasteiger charge is 2.31. The van der Waals surface area contributed by atoms with Gasteiger partial charge in [0.15, 0.2) is 0 Å². The maximum absolute atomic E-state index is 12.5. The van der Waals surface area contributed by atoms with Gasteiger partial charge in [0.25, 0.3) is 0 Å². The predicted molar refractivity (Wildman–Crippen MR) is 95.0 cm³/mol. The molecule has 0 saturated carbocycles. The number of alkyl halides is 3. The smallest absolute Gasteiger partial charge is 0.406 e. The van der Waals surface area contributed by atoms with E-state index < -0.39 is 6.36 Å². The molecule has 3 nitrogen and oxygen atoms in total. The number of thiophene rings is 1. The van der Waals surface area contributed by atoms with Crippen molar-refractivity contribution in [1.29, 1.82) is 0 Å². The van der Waals surface area contributed by atoms with Crippen LogP contribution in [0.4, 0.5) is 13.2 Å². The van der Waals surface area contributed by atoms with Crippen LogP contribution in [0.2, 0.25) is 0 Å². The number of hydrogen-bond acceptors (Lipinski definition) is 3. The zero-order valence-electron chi connectivity index (χ0n) is 13.7. The predicted octanol–water partition coefficient (Wildman–Crippen LogP) is 5.38. The summed E-state index contributed by atoms with van der Waals surface area (Å²) >= 11 is 1.66. The number of nitrogens with two attached hydrogens (primary N) is 1. The molecule has 3 aromatic rings. The molecular formula is C18H19F3N2OS. The van der Waals surface area contributed by atoms with Crippen LogP contribution in [0.5, 0.6) is 5.75 Å². The molecule has 0 fully saturated rings. The molecule has 0 atom stereocenters. The fraction of sp³-hybridized carbons (Fsp3) is 0.333. The number of rotatable bonds is 6. The quantitative estimate of drug-likeness (QED) is 0.574. The van der Waals surface area contributed by atoms with Crippen molar-refractivity contribution in [3.05, 3.63) is 40.8 Å². The lowest BCUT2D eigenvalue weighted by Crippen LogP contribution is -2.16. The minimum absolute atomic E-state index is 0.201. The Bertz CT molecular complexity index is 867. The number of ether oxygens (including phenoxy) is 1. The second-order valence-corrected chi connectivity index (χ2v) is 7.18. The van der Waals surface area contributed by atoms with Crippen molar-refractivity contribution in [3.8, 4) is 16.3 Å². The van der Waals surface area contributed by atoms with Crippen LogP contribution in [0, 0.1) is 6.92 Å². The summed E-state index contributed by atoms with van der Waals surface area (Å²) in [5, 5.41) is 0.764. The second kappa shape index (κ2) is 7.09. The number of H-pyrrole nitrogens is 1. The van der Waals surface area contributed by atoms with E-state index >= 15 is 0 Å². The van der Waals surface area contributed by atoms with Crippen LogP contribution >= 0.6 is 11.3 Å². The summed E-state index contributed by atoms with van der Waals surface area (Å²) in [6.07, 6.45) is -2.20. The highest BCUT2D eigenvalue weighted by Crippen LogP contribution is 2.37. The molecular weight excluding hydrogens is 349 g/mol. The highest BCUT2D eigenvalue weighted by atomic mass is 32.1. The molecule has 25 heavy (non-hydrogen) atoms. The summed E-state index contributed by atoms with van der Waals surface area (Å²) in [5.41, 5.74) is 8.36. The van der Waals surface area contributed by atoms with Crippen LogP contribution in [-0.4, -0.2) is 17.9 Å². The van der Waals surface area contributed by atoms with E-state index in [9.17, 15) is 13.2 Å². The van der Waals surface area contributed by atoms with E-state index in [0.717, 1.165) is 46.3 Å². The number of aromatic nitrogens is 1. The van der Waals surface area contributed by atoms with Crippen LogP contribution in [0.3, 0.4) is 0 Å². The molecule has 134 valence electrons. The van der Waals surface area contributed by atoms with Gasteiger partial charge in [-0.1, -0.05) is 0 Å². The fourth-order valence-corrected chi connectivity index (χ4v) is 3.80. The first-order valence-corrected chi connectivity index (χ1v) is 8.86. The molecule has 0 spiro atoms. The molecule has 0 bridgehead atoms. The van der Waals surface area contributed by atoms with Crippen molar-refractivity contribution >= 4 is 22.2 Å². The zero-order chi connectivity index (χ0) is 18.0. The molecule has 3 rings (SSSR count). The van der Waals surface area contributed by atoms with Gasteiger partial charge in [0.05, 0.1) is 10.6 Å². The van der Waals surface area contributed by atoms with Crippen molar-refractivity contribution in [2.24, 2.45) is 5.73 Å². The maximum atomic E-state index is 12.5. The number of halogens is 3. The molecule has 2 heterocycles. The minimum atomic E-state index is -4.70. The zero-order valence-corrected chi connectivity index (χ0v) is 14.6. The SMILES string of the molecule is Cc1ccc(-c2[nH]c3ccc(OC(F)(F)F)cc3c2CCCCN)s1. The molecule has 0 radical (unpaired) electrons. The molecule has 7 heteroatoms. The van der Waals surface area contributed by atoms with Crippen LogP contribution in [0.25, 0.3) is 21.5 Å². The first-order valence-electron chi connectivity index (χ1n) is 8.04. The Balaban J connectivity index is 2.06. The largest absolute Gasteiger partial charge is 0.573 e. The van der Waals surface area contributed by atoms with Gasteiger partial charge in [-0.25, -0.2) is 0 Å². The van der Waals surface area contributed by atoms with E-state index in [4.69, 9.17) is 5.73 Å². The lowest BCUT2D eigenvalue weighted by Gasteiger charge is -2.09. The van der Waals surface area contributed by atoms with Crippen molar-refractivity contribution in [1.82, 2.24) is 4.98 Å². The van der Waals surface area contributed by atoms with E-state index in [-0.39, 0.29) is 5.75 Å². The lowest BCUT2D eigenvalue weighted by atomic mass is 10.0. The Kier molecular flexibility index (Phi) is 5.06. The van der Waals surface area contributed by atoms with Crippen LogP contribution in [0.15, 0.2) is 30.3 Å². The van der Waals surface area contributed by atoms with Crippen LogP contribution in [-0.2, 0) is 6.42 Å². The van der Waals surface area contributed by atoms with Gasteiger partial charge in [0, 0.05) is 15.8 Å². The summed E-state index contributed by atoms with van der Waals surface area (Å²) in [6, 6.07) is 8.49. The molecule has 0 aliphatic carbocycles. The molecule has 0 aliphatic heterocycles. The van der Waals surface area contributed by atoms with Crippen molar-refractivity contribution in [2.45, 2.75) is 32.5 Å². The number of fused-ring (bicyclic) bond motifs is 1. The Morgan fingerprint density at radius 2 is 1.96 bits per heavy atom. The van der Waals surface area contributed by atoms with Gasteiger partial charge < -0.3 is 15.5 Å². The molecule has 0 unspecified atom stereocenters.